The normalized spacial score (nSPS) is 12.3. The number of benzene rings is 2. The Labute approximate surface area is 110 Å². The first-order chi connectivity index (χ1) is 8.79. The summed E-state index contributed by atoms with van der Waals surface area (Å²) in [6.45, 7) is 2.18. The van der Waals surface area contributed by atoms with E-state index >= 15 is 0 Å². The quantitative estimate of drug-likeness (QED) is 0.842. The molecule has 0 aliphatic heterocycles. The molecule has 0 heterocycles. The Hall–Kier alpha value is -1.60. The summed E-state index contributed by atoms with van der Waals surface area (Å²) in [6, 6.07) is 19.3. The topological polar surface area (TPSA) is 26.0 Å². The maximum atomic E-state index is 6.27. The fourth-order valence-electron chi connectivity index (χ4n) is 2.18. The lowest BCUT2D eigenvalue weighted by Gasteiger charge is -2.13. The van der Waals surface area contributed by atoms with Gasteiger partial charge in [0.1, 0.15) is 0 Å². The average Bonchev–Trinajstić information content (AvgIpc) is 2.46. The summed E-state index contributed by atoms with van der Waals surface area (Å²) in [4.78, 5) is 0. The van der Waals surface area contributed by atoms with Gasteiger partial charge in [0.2, 0.25) is 0 Å². The Morgan fingerprint density at radius 3 is 2.39 bits per heavy atom. The minimum absolute atomic E-state index is 0.136. The number of nitrogens with two attached hydrogens (primary N) is 1. The number of hydrogen-bond donors (Lipinski definition) is 1. The molecule has 2 aromatic carbocycles. The van der Waals surface area contributed by atoms with E-state index in [1.165, 1.54) is 16.7 Å². The molecule has 0 radical (unpaired) electrons. The minimum atomic E-state index is 0.136. The Kier molecular flexibility index (Phi) is 4.54. The molecule has 1 unspecified atom stereocenters. The van der Waals surface area contributed by atoms with E-state index in [0.717, 1.165) is 19.3 Å². The summed E-state index contributed by atoms with van der Waals surface area (Å²) in [5.41, 5.74) is 10.2. The van der Waals surface area contributed by atoms with Crippen LogP contribution in [0.3, 0.4) is 0 Å². The predicted octanol–water partition coefficient (Wildman–Crippen LogP) is 3.88. The van der Waals surface area contributed by atoms with E-state index in [2.05, 4.69) is 55.5 Å². The van der Waals surface area contributed by atoms with Crippen LogP contribution < -0.4 is 5.73 Å². The van der Waals surface area contributed by atoms with E-state index in [1.54, 1.807) is 0 Å². The van der Waals surface area contributed by atoms with Crippen molar-refractivity contribution < 1.29 is 0 Å². The molecular weight excluding hydrogens is 218 g/mol. The lowest BCUT2D eigenvalue weighted by molar-refractivity contribution is 0.650. The van der Waals surface area contributed by atoms with Gasteiger partial charge in [0.25, 0.3) is 0 Å². The van der Waals surface area contributed by atoms with Crippen LogP contribution in [0.15, 0.2) is 54.6 Å². The molecule has 1 atom stereocenters. The fraction of sp³-hybridized carbons (Fsp3) is 0.294. The third kappa shape index (κ3) is 3.44. The minimum Gasteiger partial charge on any atom is -0.324 e. The van der Waals surface area contributed by atoms with Crippen LogP contribution in [0.5, 0.6) is 0 Å². The van der Waals surface area contributed by atoms with E-state index in [4.69, 9.17) is 5.73 Å². The highest BCUT2D eigenvalue weighted by molar-refractivity contribution is 5.26. The zero-order chi connectivity index (χ0) is 12.8. The summed E-state index contributed by atoms with van der Waals surface area (Å²) in [5, 5.41) is 0. The lowest BCUT2D eigenvalue weighted by Crippen LogP contribution is -2.11. The van der Waals surface area contributed by atoms with Gasteiger partial charge in [-0.25, -0.2) is 0 Å². The molecule has 0 aliphatic rings. The van der Waals surface area contributed by atoms with Crippen molar-refractivity contribution in [2.45, 2.75) is 32.2 Å². The van der Waals surface area contributed by atoms with Crippen LogP contribution in [-0.4, -0.2) is 0 Å². The van der Waals surface area contributed by atoms with Crippen molar-refractivity contribution in [2.24, 2.45) is 5.73 Å². The van der Waals surface area contributed by atoms with Crippen molar-refractivity contribution in [3.8, 4) is 0 Å². The Morgan fingerprint density at radius 2 is 1.67 bits per heavy atom. The Balaban J connectivity index is 1.97. The second kappa shape index (κ2) is 6.36. The predicted molar refractivity (Wildman–Crippen MR) is 77.5 cm³/mol. The van der Waals surface area contributed by atoms with E-state index < -0.39 is 0 Å². The summed E-state index contributed by atoms with van der Waals surface area (Å²) in [7, 11) is 0. The molecule has 0 saturated carbocycles. The molecule has 0 spiro atoms. The molecule has 94 valence electrons. The second-order valence-corrected chi connectivity index (χ2v) is 4.73. The summed E-state index contributed by atoms with van der Waals surface area (Å²) in [5.74, 6) is 0. The third-order valence-electron chi connectivity index (χ3n) is 3.37. The molecule has 0 fully saturated rings. The van der Waals surface area contributed by atoms with Crippen LogP contribution in [-0.2, 0) is 12.8 Å². The van der Waals surface area contributed by atoms with Gasteiger partial charge >= 0.3 is 0 Å². The SMILES string of the molecule is CCc1cccc(C(N)CCc2ccccc2)c1. The highest BCUT2D eigenvalue weighted by Gasteiger charge is 2.06. The van der Waals surface area contributed by atoms with Gasteiger partial charge in [0.15, 0.2) is 0 Å². The molecule has 0 bridgehead atoms. The van der Waals surface area contributed by atoms with Gasteiger partial charge in [-0.15, -0.1) is 0 Å². The molecule has 0 aliphatic carbocycles. The molecule has 2 aromatic rings. The van der Waals surface area contributed by atoms with Gasteiger partial charge in [-0.1, -0.05) is 61.5 Å². The monoisotopic (exact) mass is 239 g/mol. The van der Waals surface area contributed by atoms with Crippen LogP contribution in [0.2, 0.25) is 0 Å². The van der Waals surface area contributed by atoms with E-state index in [-0.39, 0.29) is 6.04 Å². The molecule has 1 heteroatoms. The molecule has 2 N–H and O–H groups in total. The van der Waals surface area contributed by atoms with Crippen molar-refractivity contribution in [1.82, 2.24) is 0 Å². The largest absolute Gasteiger partial charge is 0.324 e. The third-order valence-corrected chi connectivity index (χ3v) is 3.37. The number of rotatable bonds is 5. The highest BCUT2D eigenvalue weighted by Crippen LogP contribution is 2.18. The van der Waals surface area contributed by atoms with Crippen molar-refractivity contribution in [3.63, 3.8) is 0 Å². The smallest absolute Gasteiger partial charge is 0.0298 e. The lowest BCUT2D eigenvalue weighted by atomic mass is 9.98. The van der Waals surface area contributed by atoms with E-state index in [0.29, 0.717) is 0 Å². The maximum Gasteiger partial charge on any atom is 0.0298 e. The van der Waals surface area contributed by atoms with Crippen LogP contribution >= 0.6 is 0 Å². The van der Waals surface area contributed by atoms with Gasteiger partial charge in [0.05, 0.1) is 0 Å². The Bertz CT molecular complexity index is 476. The summed E-state index contributed by atoms with van der Waals surface area (Å²) in [6.07, 6.45) is 3.11. The van der Waals surface area contributed by atoms with E-state index in [9.17, 15) is 0 Å². The molecular formula is C17H21N. The zero-order valence-electron chi connectivity index (χ0n) is 11.0. The van der Waals surface area contributed by atoms with E-state index in [1.807, 2.05) is 6.07 Å². The first-order valence-corrected chi connectivity index (χ1v) is 6.68. The summed E-state index contributed by atoms with van der Waals surface area (Å²) >= 11 is 0. The maximum absolute atomic E-state index is 6.27. The first kappa shape index (κ1) is 12.8. The summed E-state index contributed by atoms with van der Waals surface area (Å²) < 4.78 is 0. The van der Waals surface area contributed by atoms with Crippen LogP contribution in [0.1, 0.15) is 36.1 Å². The zero-order valence-corrected chi connectivity index (χ0v) is 11.0. The average molecular weight is 239 g/mol. The number of aryl methyl sites for hydroxylation is 2. The molecule has 0 saturated heterocycles. The van der Waals surface area contributed by atoms with Crippen molar-refractivity contribution in [1.29, 1.82) is 0 Å². The van der Waals surface area contributed by atoms with Gasteiger partial charge in [-0.3, -0.25) is 0 Å². The van der Waals surface area contributed by atoms with Crippen LogP contribution in [0, 0.1) is 0 Å². The molecule has 0 amide bonds. The Morgan fingerprint density at radius 1 is 0.944 bits per heavy atom. The van der Waals surface area contributed by atoms with Gasteiger partial charge in [-0.05, 0) is 36.0 Å². The molecule has 1 nitrogen and oxygen atoms in total. The molecule has 2 rings (SSSR count). The second-order valence-electron chi connectivity index (χ2n) is 4.73. The fourth-order valence-corrected chi connectivity index (χ4v) is 2.18. The highest BCUT2D eigenvalue weighted by atomic mass is 14.6. The van der Waals surface area contributed by atoms with Gasteiger partial charge in [0, 0.05) is 6.04 Å². The van der Waals surface area contributed by atoms with Crippen LogP contribution in [0.4, 0.5) is 0 Å². The van der Waals surface area contributed by atoms with Crippen molar-refractivity contribution in [3.05, 3.63) is 71.3 Å². The molecule has 18 heavy (non-hydrogen) atoms. The first-order valence-electron chi connectivity index (χ1n) is 6.68. The number of hydrogen-bond acceptors (Lipinski definition) is 1. The standard InChI is InChI=1S/C17H21N/c1-2-14-9-6-10-16(13-14)17(18)12-11-15-7-4-3-5-8-15/h3-10,13,17H,2,11-12,18H2,1H3. The van der Waals surface area contributed by atoms with Crippen LogP contribution in [0.25, 0.3) is 0 Å². The van der Waals surface area contributed by atoms with Crippen molar-refractivity contribution in [2.75, 3.05) is 0 Å². The van der Waals surface area contributed by atoms with Gasteiger partial charge in [-0.2, -0.15) is 0 Å². The molecule has 0 aromatic heterocycles. The van der Waals surface area contributed by atoms with Gasteiger partial charge < -0.3 is 5.73 Å². The van der Waals surface area contributed by atoms with Crippen molar-refractivity contribution >= 4 is 0 Å².